The molecule has 0 saturated carbocycles. The Morgan fingerprint density at radius 2 is 1.44 bits per heavy atom. The molecule has 0 spiro atoms. The maximum absolute atomic E-state index is 14.8. The highest BCUT2D eigenvalue weighted by molar-refractivity contribution is 7.83. The number of halogens is 2. The van der Waals surface area contributed by atoms with Gasteiger partial charge in [-0.25, -0.2) is 13.0 Å². The zero-order valence-corrected chi connectivity index (χ0v) is 20.2. The molecule has 0 radical (unpaired) electrons. The molecule has 1 fully saturated rings. The molecular weight excluding hydrogens is 455 g/mol. The van der Waals surface area contributed by atoms with Crippen molar-refractivity contribution < 1.29 is 22.3 Å². The Labute approximate surface area is 200 Å². The molecule has 0 N–H and O–H groups in total. The van der Waals surface area contributed by atoms with Crippen LogP contribution in [0.2, 0.25) is 0 Å². The Kier molecular flexibility index (Phi) is 5.50. The Morgan fingerprint density at radius 3 is 2.06 bits per heavy atom. The summed E-state index contributed by atoms with van der Waals surface area (Å²) in [4.78, 5) is 0.521. The van der Waals surface area contributed by atoms with Crippen LogP contribution in [0.4, 0.5) is 8.78 Å². The molecule has 1 atom stereocenters. The van der Waals surface area contributed by atoms with Crippen LogP contribution in [0.15, 0.2) is 77.7 Å². The summed E-state index contributed by atoms with van der Waals surface area (Å²) in [5.41, 5.74) is 0.317. The molecule has 5 rings (SSSR count). The van der Waals surface area contributed by atoms with Gasteiger partial charge in [-0.2, -0.15) is 0 Å². The number of fused-ring (bicyclic) bond motifs is 1. The maximum Gasteiger partial charge on any atom is 0.494 e. The first-order valence-electron chi connectivity index (χ1n) is 11.0. The van der Waals surface area contributed by atoms with Gasteiger partial charge in [0.2, 0.25) is 0 Å². The van der Waals surface area contributed by atoms with Crippen molar-refractivity contribution in [2.75, 3.05) is 0 Å². The smallest absolute Gasteiger partial charge is 0.399 e. The van der Waals surface area contributed by atoms with Crippen LogP contribution in [-0.4, -0.2) is 26.5 Å². The van der Waals surface area contributed by atoms with Gasteiger partial charge in [-0.15, -0.1) is 0 Å². The summed E-state index contributed by atoms with van der Waals surface area (Å²) < 4.78 is 57.1. The van der Waals surface area contributed by atoms with Crippen molar-refractivity contribution in [3.63, 3.8) is 0 Å². The van der Waals surface area contributed by atoms with Crippen LogP contribution in [0.25, 0.3) is 22.2 Å². The fourth-order valence-corrected chi connectivity index (χ4v) is 5.34. The molecule has 1 saturated heterocycles. The first-order valence-corrected chi connectivity index (χ1v) is 12.1. The van der Waals surface area contributed by atoms with Crippen molar-refractivity contribution in [1.82, 2.24) is 3.97 Å². The summed E-state index contributed by atoms with van der Waals surface area (Å²) in [5.74, 6) is -1.44. The molecule has 1 unspecified atom stereocenters. The van der Waals surface area contributed by atoms with Gasteiger partial charge in [0.15, 0.2) is 11.0 Å². The van der Waals surface area contributed by atoms with Gasteiger partial charge in [0.05, 0.1) is 32.9 Å². The lowest BCUT2D eigenvalue weighted by Crippen LogP contribution is -2.41. The lowest BCUT2D eigenvalue weighted by atomic mass is 9.78. The van der Waals surface area contributed by atoms with Crippen molar-refractivity contribution in [2.45, 2.75) is 43.8 Å². The minimum Gasteiger partial charge on any atom is -0.399 e. The van der Waals surface area contributed by atoms with E-state index in [1.54, 1.807) is 36.4 Å². The molecule has 4 aromatic rings. The lowest BCUT2D eigenvalue weighted by molar-refractivity contribution is 0.00578. The summed E-state index contributed by atoms with van der Waals surface area (Å²) >= 11 is 0. The first kappa shape index (κ1) is 23.0. The maximum atomic E-state index is 14.8. The highest BCUT2D eigenvalue weighted by atomic mass is 32.2. The van der Waals surface area contributed by atoms with Crippen LogP contribution >= 0.6 is 0 Å². The molecule has 0 amide bonds. The Bertz CT molecular complexity index is 1380. The second-order valence-electron chi connectivity index (χ2n) is 9.39. The third-order valence-corrected chi connectivity index (χ3v) is 8.04. The number of benzene rings is 3. The van der Waals surface area contributed by atoms with Crippen molar-refractivity contribution in [3.8, 4) is 11.3 Å². The van der Waals surface area contributed by atoms with Gasteiger partial charge in [0.1, 0.15) is 11.6 Å². The van der Waals surface area contributed by atoms with E-state index in [1.807, 2.05) is 45.9 Å². The van der Waals surface area contributed by atoms with Gasteiger partial charge in [0, 0.05) is 5.39 Å². The molecule has 1 aromatic heterocycles. The zero-order chi connectivity index (χ0) is 24.3. The van der Waals surface area contributed by atoms with Crippen molar-refractivity contribution in [2.24, 2.45) is 0 Å². The summed E-state index contributed by atoms with van der Waals surface area (Å²) in [6.45, 7) is 7.91. The molecule has 0 aliphatic carbocycles. The van der Waals surface area contributed by atoms with Gasteiger partial charge >= 0.3 is 7.12 Å². The molecule has 8 heteroatoms. The molecule has 4 nitrogen and oxygen atoms in total. The van der Waals surface area contributed by atoms with E-state index in [0.717, 1.165) is 5.46 Å². The van der Waals surface area contributed by atoms with Crippen LogP contribution in [0.5, 0.6) is 0 Å². The minimum atomic E-state index is -1.73. The van der Waals surface area contributed by atoms with E-state index in [2.05, 4.69) is 0 Å². The lowest BCUT2D eigenvalue weighted by Gasteiger charge is -2.32. The van der Waals surface area contributed by atoms with E-state index in [4.69, 9.17) is 9.31 Å². The van der Waals surface area contributed by atoms with Gasteiger partial charge in [0.25, 0.3) is 0 Å². The van der Waals surface area contributed by atoms with Gasteiger partial charge in [-0.05, 0) is 69.6 Å². The normalized spacial score (nSPS) is 17.9. The molecule has 174 valence electrons. The van der Waals surface area contributed by atoms with Crippen LogP contribution in [0.1, 0.15) is 27.7 Å². The number of hydrogen-bond acceptors (Lipinski definition) is 3. The van der Waals surface area contributed by atoms with Crippen LogP contribution in [0.3, 0.4) is 0 Å². The van der Waals surface area contributed by atoms with Gasteiger partial charge in [-0.3, -0.25) is 3.97 Å². The van der Waals surface area contributed by atoms with Crippen LogP contribution < -0.4 is 5.46 Å². The Morgan fingerprint density at radius 1 is 0.824 bits per heavy atom. The minimum absolute atomic E-state index is 0.193. The average Bonchev–Trinajstić information content (AvgIpc) is 3.26. The quantitative estimate of drug-likeness (QED) is 0.365. The third-order valence-electron chi connectivity index (χ3n) is 6.64. The average molecular weight is 479 g/mol. The van der Waals surface area contributed by atoms with Gasteiger partial charge in [-0.1, -0.05) is 36.4 Å². The SMILES string of the molecule is CC1(C)OB(c2ccc3c(c2)cc(-c2c(F)cccc2F)n3S(=O)c2ccccc2)OC1(C)C. The van der Waals surface area contributed by atoms with E-state index in [-0.39, 0.29) is 11.3 Å². The van der Waals surface area contributed by atoms with Crippen LogP contribution in [-0.2, 0) is 20.3 Å². The Hall–Kier alpha value is -2.81. The second kappa shape index (κ2) is 8.15. The van der Waals surface area contributed by atoms with Crippen molar-refractivity contribution in [1.29, 1.82) is 0 Å². The highest BCUT2D eigenvalue weighted by Crippen LogP contribution is 2.37. The van der Waals surface area contributed by atoms with Gasteiger partial charge < -0.3 is 9.31 Å². The highest BCUT2D eigenvalue weighted by Gasteiger charge is 2.51. The fourth-order valence-electron chi connectivity index (χ4n) is 4.07. The molecule has 1 aliphatic rings. The van der Waals surface area contributed by atoms with E-state index in [1.165, 1.54) is 22.2 Å². The topological polar surface area (TPSA) is 40.5 Å². The monoisotopic (exact) mass is 479 g/mol. The molecule has 0 bridgehead atoms. The molecule has 3 aromatic carbocycles. The molecule has 1 aliphatic heterocycles. The van der Waals surface area contributed by atoms with Crippen molar-refractivity contribution >= 4 is 34.5 Å². The summed E-state index contributed by atoms with van der Waals surface area (Å²) in [5, 5.41) is 0.675. The second-order valence-corrected chi connectivity index (χ2v) is 10.7. The first-order chi connectivity index (χ1) is 16.1. The molecule has 34 heavy (non-hydrogen) atoms. The predicted octanol–water partition coefficient (Wildman–Crippen LogP) is 5.46. The Balaban J connectivity index is 1.70. The number of nitrogens with zero attached hydrogens (tertiary/aromatic N) is 1. The van der Waals surface area contributed by atoms with E-state index >= 15 is 0 Å². The standard InChI is InChI=1S/C26H24BF2NO3S/c1-25(2)26(3,4)33-27(32-25)18-13-14-22-17(15-18)16-23(24-20(28)11-8-12-21(24)29)30(22)34(31)19-9-6-5-7-10-19/h5-16H,1-4H3. The van der Waals surface area contributed by atoms with E-state index < -0.39 is 40.9 Å². The van der Waals surface area contributed by atoms with Crippen LogP contribution in [0, 0.1) is 11.6 Å². The molecule has 2 heterocycles. The number of hydrogen-bond donors (Lipinski definition) is 0. The van der Waals surface area contributed by atoms with E-state index in [0.29, 0.717) is 15.8 Å². The zero-order valence-electron chi connectivity index (χ0n) is 19.3. The third kappa shape index (κ3) is 3.70. The largest absolute Gasteiger partial charge is 0.494 e. The van der Waals surface area contributed by atoms with Crippen molar-refractivity contribution in [3.05, 3.63) is 84.4 Å². The summed E-state index contributed by atoms with van der Waals surface area (Å²) in [7, 11) is -2.32. The summed E-state index contributed by atoms with van der Waals surface area (Å²) in [6.07, 6.45) is 0. The number of rotatable bonds is 4. The predicted molar refractivity (Wildman–Crippen MR) is 131 cm³/mol. The van der Waals surface area contributed by atoms with E-state index in [9.17, 15) is 13.0 Å². The summed E-state index contributed by atoms with van der Waals surface area (Å²) in [6, 6.07) is 19.7. The number of aromatic nitrogens is 1. The molecular formula is C26H24BF2NO3S. The fraction of sp³-hybridized carbons (Fsp3) is 0.231.